The zero-order valence-electron chi connectivity index (χ0n) is 11.9. The van der Waals surface area contributed by atoms with Crippen molar-refractivity contribution in [3.05, 3.63) is 41.5 Å². The molecule has 0 atom stereocenters. The first-order chi connectivity index (χ1) is 9.65. The average molecular weight is 269 g/mol. The number of pyridine rings is 1. The van der Waals surface area contributed by atoms with Crippen LogP contribution in [0.1, 0.15) is 35.7 Å². The molecule has 0 spiro atoms. The van der Waals surface area contributed by atoms with Crippen LogP contribution in [0.5, 0.6) is 0 Å². The van der Waals surface area contributed by atoms with Crippen molar-refractivity contribution in [2.45, 2.75) is 32.2 Å². The minimum atomic E-state index is 0.506. The Hall–Kier alpha value is -2.17. The number of anilines is 2. The van der Waals surface area contributed by atoms with Crippen LogP contribution in [-0.2, 0) is 6.54 Å². The number of nitrogen functional groups attached to an aromatic ring is 1. The summed E-state index contributed by atoms with van der Waals surface area (Å²) in [6.07, 6.45) is 5.96. The van der Waals surface area contributed by atoms with E-state index in [1.54, 1.807) is 12.4 Å². The van der Waals surface area contributed by atoms with E-state index in [1.165, 1.54) is 18.4 Å². The molecular formula is C15H19N5. The van der Waals surface area contributed by atoms with Gasteiger partial charge in [0.05, 0.1) is 0 Å². The van der Waals surface area contributed by atoms with Crippen molar-refractivity contribution < 1.29 is 0 Å². The molecule has 2 aromatic heterocycles. The second-order valence-electron chi connectivity index (χ2n) is 5.40. The van der Waals surface area contributed by atoms with Gasteiger partial charge in [0.15, 0.2) is 0 Å². The minimum absolute atomic E-state index is 0.506. The van der Waals surface area contributed by atoms with Gasteiger partial charge in [-0.15, -0.1) is 0 Å². The molecule has 0 aliphatic heterocycles. The second kappa shape index (κ2) is 5.07. The van der Waals surface area contributed by atoms with E-state index in [2.05, 4.69) is 14.9 Å². The molecule has 5 heteroatoms. The molecule has 2 N–H and O–H groups in total. The normalized spacial score (nSPS) is 14.3. The van der Waals surface area contributed by atoms with E-state index in [1.807, 2.05) is 26.1 Å². The molecule has 20 heavy (non-hydrogen) atoms. The van der Waals surface area contributed by atoms with Crippen LogP contribution in [0, 0.1) is 6.92 Å². The van der Waals surface area contributed by atoms with E-state index in [9.17, 15) is 0 Å². The topological polar surface area (TPSA) is 67.9 Å². The number of nitrogens with two attached hydrogens (primary N) is 1. The SMILES string of the molecule is Cc1c(N)nc(C2CC2)nc1N(C)Cc1ccncc1. The maximum absolute atomic E-state index is 6.03. The predicted molar refractivity (Wildman–Crippen MR) is 79.5 cm³/mol. The van der Waals surface area contributed by atoms with Gasteiger partial charge in [-0.05, 0) is 37.5 Å². The molecule has 1 fully saturated rings. The van der Waals surface area contributed by atoms with Crippen molar-refractivity contribution in [2.75, 3.05) is 17.7 Å². The number of nitrogens with zero attached hydrogens (tertiary/aromatic N) is 4. The Morgan fingerprint density at radius 3 is 2.60 bits per heavy atom. The van der Waals surface area contributed by atoms with Gasteiger partial charge in [-0.25, -0.2) is 9.97 Å². The van der Waals surface area contributed by atoms with Gasteiger partial charge in [0.25, 0.3) is 0 Å². The molecular weight excluding hydrogens is 250 g/mol. The van der Waals surface area contributed by atoms with Crippen LogP contribution < -0.4 is 10.6 Å². The summed E-state index contributed by atoms with van der Waals surface area (Å²) in [5.41, 5.74) is 8.18. The lowest BCUT2D eigenvalue weighted by Crippen LogP contribution is -2.20. The van der Waals surface area contributed by atoms with E-state index in [4.69, 9.17) is 10.7 Å². The third kappa shape index (κ3) is 2.57. The van der Waals surface area contributed by atoms with E-state index in [0.717, 1.165) is 23.8 Å². The first kappa shape index (κ1) is 12.8. The summed E-state index contributed by atoms with van der Waals surface area (Å²) in [6, 6.07) is 4.02. The fraction of sp³-hybridized carbons (Fsp3) is 0.400. The summed E-state index contributed by atoms with van der Waals surface area (Å²) in [4.78, 5) is 15.3. The Kier molecular flexibility index (Phi) is 3.26. The van der Waals surface area contributed by atoms with Crippen molar-refractivity contribution in [2.24, 2.45) is 0 Å². The molecule has 104 valence electrons. The Labute approximate surface area is 118 Å². The molecule has 0 unspecified atom stereocenters. The maximum atomic E-state index is 6.03. The highest BCUT2D eigenvalue weighted by molar-refractivity contribution is 5.56. The second-order valence-corrected chi connectivity index (χ2v) is 5.40. The molecule has 5 nitrogen and oxygen atoms in total. The van der Waals surface area contributed by atoms with Gasteiger partial charge in [0.2, 0.25) is 0 Å². The van der Waals surface area contributed by atoms with E-state index in [0.29, 0.717) is 11.7 Å². The van der Waals surface area contributed by atoms with Crippen LogP contribution in [0.15, 0.2) is 24.5 Å². The van der Waals surface area contributed by atoms with Gasteiger partial charge in [0, 0.05) is 37.5 Å². The van der Waals surface area contributed by atoms with E-state index < -0.39 is 0 Å². The highest BCUT2D eigenvalue weighted by Gasteiger charge is 2.28. The number of rotatable bonds is 4. The summed E-state index contributed by atoms with van der Waals surface area (Å²) in [5, 5.41) is 0. The molecule has 0 saturated heterocycles. The van der Waals surface area contributed by atoms with Crippen LogP contribution in [0.2, 0.25) is 0 Å². The highest BCUT2D eigenvalue weighted by Crippen LogP contribution is 2.39. The molecule has 0 radical (unpaired) electrons. The highest BCUT2D eigenvalue weighted by atomic mass is 15.2. The standard InChI is InChI=1S/C15H19N5/c1-10-13(16)18-14(12-3-4-12)19-15(10)20(2)9-11-5-7-17-8-6-11/h5-8,12H,3-4,9H2,1-2H3,(H2,16,18,19). The van der Waals surface area contributed by atoms with Crippen molar-refractivity contribution in [1.82, 2.24) is 15.0 Å². The molecule has 1 saturated carbocycles. The molecule has 2 heterocycles. The van der Waals surface area contributed by atoms with Crippen LogP contribution in [0.25, 0.3) is 0 Å². The summed E-state index contributed by atoms with van der Waals surface area (Å²) < 4.78 is 0. The summed E-state index contributed by atoms with van der Waals surface area (Å²) >= 11 is 0. The Bertz CT molecular complexity index is 607. The number of hydrogen-bond acceptors (Lipinski definition) is 5. The van der Waals surface area contributed by atoms with Gasteiger partial charge >= 0.3 is 0 Å². The summed E-state index contributed by atoms with van der Waals surface area (Å²) in [7, 11) is 2.03. The quantitative estimate of drug-likeness (QED) is 0.922. The van der Waals surface area contributed by atoms with Crippen molar-refractivity contribution in [3.63, 3.8) is 0 Å². The third-order valence-electron chi connectivity index (χ3n) is 3.65. The lowest BCUT2D eigenvalue weighted by atomic mass is 10.2. The molecule has 3 rings (SSSR count). The number of hydrogen-bond donors (Lipinski definition) is 1. The zero-order chi connectivity index (χ0) is 14.1. The molecule has 2 aromatic rings. The smallest absolute Gasteiger partial charge is 0.137 e. The van der Waals surface area contributed by atoms with Gasteiger partial charge in [-0.2, -0.15) is 0 Å². The lowest BCUT2D eigenvalue weighted by molar-refractivity contribution is 0.847. The van der Waals surface area contributed by atoms with Crippen molar-refractivity contribution >= 4 is 11.6 Å². The first-order valence-electron chi connectivity index (χ1n) is 6.89. The van der Waals surface area contributed by atoms with Crippen molar-refractivity contribution in [1.29, 1.82) is 0 Å². The first-order valence-corrected chi connectivity index (χ1v) is 6.89. The Morgan fingerprint density at radius 1 is 1.25 bits per heavy atom. The average Bonchev–Trinajstić information content (AvgIpc) is 3.27. The maximum Gasteiger partial charge on any atom is 0.137 e. The van der Waals surface area contributed by atoms with Gasteiger partial charge in [0.1, 0.15) is 17.5 Å². The van der Waals surface area contributed by atoms with Gasteiger partial charge < -0.3 is 10.6 Å². The Morgan fingerprint density at radius 2 is 1.95 bits per heavy atom. The predicted octanol–water partition coefficient (Wildman–Crippen LogP) is 2.28. The lowest BCUT2D eigenvalue weighted by Gasteiger charge is -2.21. The minimum Gasteiger partial charge on any atom is -0.383 e. The Balaban J connectivity index is 1.88. The van der Waals surface area contributed by atoms with Crippen molar-refractivity contribution in [3.8, 4) is 0 Å². The molecule has 1 aliphatic carbocycles. The summed E-state index contributed by atoms with van der Waals surface area (Å²) in [5.74, 6) is 2.92. The molecule has 0 bridgehead atoms. The van der Waals surface area contributed by atoms with Crippen LogP contribution in [0.4, 0.5) is 11.6 Å². The largest absolute Gasteiger partial charge is 0.383 e. The van der Waals surface area contributed by atoms with Crippen LogP contribution in [0.3, 0.4) is 0 Å². The molecule has 1 aliphatic rings. The van der Waals surface area contributed by atoms with Gasteiger partial charge in [-0.1, -0.05) is 0 Å². The zero-order valence-corrected chi connectivity index (χ0v) is 11.9. The van der Waals surface area contributed by atoms with Crippen LogP contribution in [-0.4, -0.2) is 22.0 Å². The van der Waals surface area contributed by atoms with E-state index in [-0.39, 0.29) is 0 Å². The number of aromatic nitrogens is 3. The summed E-state index contributed by atoms with van der Waals surface area (Å²) in [6.45, 7) is 2.76. The fourth-order valence-corrected chi connectivity index (χ4v) is 2.27. The third-order valence-corrected chi connectivity index (χ3v) is 3.65. The molecule has 0 aromatic carbocycles. The monoisotopic (exact) mass is 269 g/mol. The van der Waals surface area contributed by atoms with E-state index >= 15 is 0 Å². The molecule has 0 amide bonds. The fourth-order valence-electron chi connectivity index (χ4n) is 2.27. The van der Waals surface area contributed by atoms with Gasteiger partial charge in [-0.3, -0.25) is 4.98 Å². The van der Waals surface area contributed by atoms with Crippen LogP contribution >= 0.6 is 0 Å².